The van der Waals surface area contributed by atoms with Gasteiger partial charge in [0.15, 0.2) is 11.6 Å². The number of halogens is 1. The summed E-state index contributed by atoms with van der Waals surface area (Å²) in [6.45, 7) is 0.310. The molecule has 3 aromatic carbocycles. The van der Waals surface area contributed by atoms with Gasteiger partial charge in [-0.15, -0.1) is 0 Å². The fourth-order valence-corrected chi connectivity index (χ4v) is 3.74. The van der Waals surface area contributed by atoms with E-state index >= 15 is 0 Å². The summed E-state index contributed by atoms with van der Waals surface area (Å²) in [6, 6.07) is 21.2. The summed E-state index contributed by atoms with van der Waals surface area (Å²) < 4.78 is 19.7. The van der Waals surface area contributed by atoms with Gasteiger partial charge in [0.05, 0.1) is 12.1 Å². The van der Waals surface area contributed by atoms with Crippen molar-refractivity contribution in [3.63, 3.8) is 0 Å². The zero-order valence-electron chi connectivity index (χ0n) is 17.5. The summed E-state index contributed by atoms with van der Waals surface area (Å²) in [4.78, 5) is 16.4. The monoisotopic (exact) mass is 433 g/mol. The van der Waals surface area contributed by atoms with Crippen LogP contribution in [0.4, 0.5) is 4.39 Å². The van der Waals surface area contributed by atoms with Gasteiger partial charge in [-0.2, -0.15) is 0 Å². The Kier molecular flexibility index (Phi) is 6.82. The lowest BCUT2D eigenvalue weighted by Gasteiger charge is -2.20. The van der Waals surface area contributed by atoms with Crippen molar-refractivity contribution in [3.05, 3.63) is 95.3 Å². The first kappa shape index (κ1) is 21.6. The number of aryl methyl sites for hydroxylation is 1. The largest absolute Gasteiger partial charge is 0.488 e. The number of carbonyl (C=O) groups is 1. The van der Waals surface area contributed by atoms with Crippen molar-refractivity contribution >= 4 is 11.7 Å². The van der Waals surface area contributed by atoms with Crippen LogP contribution in [0, 0.1) is 5.82 Å². The van der Waals surface area contributed by atoms with Gasteiger partial charge in [-0.25, -0.2) is 4.39 Å². The van der Waals surface area contributed by atoms with Crippen LogP contribution in [-0.4, -0.2) is 24.3 Å². The summed E-state index contributed by atoms with van der Waals surface area (Å²) in [5.74, 6) is -1.73. The van der Waals surface area contributed by atoms with E-state index in [0.29, 0.717) is 0 Å². The first-order valence-corrected chi connectivity index (χ1v) is 10.5. The van der Waals surface area contributed by atoms with Crippen LogP contribution in [0.3, 0.4) is 0 Å². The van der Waals surface area contributed by atoms with E-state index in [4.69, 9.17) is 14.7 Å². The van der Waals surface area contributed by atoms with E-state index in [0.717, 1.165) is 24.1 Å². The Labute approximate surface area is 186 Å². The molecule has 0 atom stereocenters. The van der Waals surface area contributed by atoms with E-state index in [1.165, 1.54) is 28.8 Å². The normalized spacial score (nSPS) is 12.6. The third kappa shape index (κ3) is 5.15. The number of fused-ring (bicyclic) bond motifs is 1. The predicted octanol–water partition coefficient (Wildman–Crippen LogP) is 5.01. The highest BCUT2D eigenvalue weighted by molar-refractivity contribution is 5.73. The molecular weight excluding hydrogens is 409 g/mol. The molecule has 1 aliphatic carbocycles. The van der Waals surface area contributed by atoms with Crippen LogP contribution in [-0.2, 0) is 22.5 Å². The van der Waals surface area contributed by atoms with Crippen molar-refractivity contribution < 1.29 is 23.9 Å². The minimum atomic E-state index is -1.09. The predicted molar refractivity (Wildman–Crippen MR) is 120 cm³/mol. The van der Waals surface area contributed by atoms with Gasteiger partial charge in [-0.05, 0) is 35.6 Å². The minimum Gasteiger partial charge on any atom is -0.488 e. The van der Waals surface area contributed by atoms with E-state index in [1.54, 1.807) is 6.07 Å². The SMILES string of the molecule is O=C(O)Cc1cccc(OCCONC2=CCCc3cc(-c4ccccc4)ccc32)c1F. The molecule has 0 amide bonds. The second-order valence-electron chi connectivity index (χ2n) is 7.49. The maximum atomic E-state index is 14.3. The molecule has 0 aromatic heterocycles. The van der Waals surface area contributed by atoms with E-state index in [9.17, 15) is 9.18 Å². The van der Waals surface area contributed by atoms with Crippen molar-refractivity contribution in [2.45, 2.75) is 19.3 Å². The fraction of sp³-hybridized carbons (Fsp3) is 0.192. The maximum Gasteiger partial charge on any atom is 0.307 e. The molecule has 164 valence electrons. The molecule has 5 nitrogen and oxygen atoms in total. The lowest BCUT2D eigenvalue weighted by Crippen LogP contribution is -2.20. The topological polar surface area (TPSA) is 67.8 Å². The van der Waals surface area contributed by atoms with Crippen molar-refractivity contribution in [2.75, 3.05) is 13.2 Å². The number of hydrogen-bond donors (Lipinski definition) is 2. The third-order valence-electron chi connectivity index (χ3n) is 5.27. The molecule has 4 rings (SSSR count). The Hall–Kier alpha value is -3.64. The van der Waals surface area contributed by atoms with Crippen LogP contribution < -0.4 is 10.2 Å². The number of carboxylic acids is 1. The molecule has 0 radical (unpaired) electrons. The van der Waals surface area contributed by atoms with Crippen molar-refractivity contribution in [2.24, 2.45) is 0 Å². The molecule has 0 unspecified atom stereocenters. The maximum absolute atomic E-state index is 14.3. The Bertz CT molecular complexity index is 1130. The van der Waals surface area contributed by atoms with Gasteiger partial charge in [0.25, 0.3) is 0 Å². The summed E-state index contributed by atoms with van der Waals surface area (Å²) >= 11 is 0. The van der Waals surface area contributed by atoms with E-state index in [-0.39, 0.29) is 30.9 Å². The zero-order valence-corrected chi connectivity index (χ0v) is 17.5. The molecule has 0 saturated carbocycles. The van der Waals surface area contributed by atoms with Gasteiger partial charge >= 0.3 is 5.97 Å². The smallest absolute Gasteiger partial charge is 0.307 e. The fourth-order valence-electron chi connectivity index (χ4n) is 3.74. The van der Waals surface area contributed by atoms with Gasteiger partial charge < -0.3 is 9.84 Å². The Balaban J connectivity index is 1.31. The first-order chi connectivity index (χ1) is 15.6. The van der Waals surface area contributed by atoms with Crippen molar-refractivity contribution in [3.8, 4) is 16.9 Å². The highest BCUT2D eigenvalue weighted by Crippen LogP contribution is 2.29. The zero-order chi connectivity index (χ0) is 22.3. The quantitative estimate of drug-likeness (QED) is 0.367. The molecule has 1 aliphatic rings. The van der Waals surface area contributed by atoms with Crippen LogP contribution in [0.25, 0.3) is 16.8 Å². The molecule has 3 aromatic rings. The molecule has 0 spiro atoms. The number of rotatable bonds is 9. The highest BCUT2D eigenvalue weighted by Gasteiger charge is 2.15. The Morgan fingerprint density at radius 3 is 2.66 bits per heavy atom. The minimum absolute atomic E-state index is 0.0167. The summed E-state index contributed by atoms with van der Waals surface area (Å²) in [5.41, 5.74) is 8.71. The molecule has 0 fully saturated rings. The van der Waals surface area contributed by atoms with Crippen molar-refractivity contribution in [1.29, 1.82) is 0 Å². The number of hydrogen-bond acceptors (Lipinski definition) is 4. The lowest BCUT2D eigenvalue weighted by molar-refractivity contribution is -0.136. The average molecular weight is 433 g/mol. The van der Waals surface area contributed by atoms with Gasteiger partial charge in [0.1, 0.15) is 13.2 Å². The first-order valence-electron chi connectivity index (χ1n) is 10.5. The Morgan fingerprint density at radius 1 is 1.00 bits per heavy atom. The van der Waals surface area contributed by atoms with E-state index in [1.807, 2.05) is 18.2 Å². The van der Waals surface area contributed by atoms with E-state index < -0.39 is 11.8 Å². The summed E-state index contributed by atoms with van der Waals surface area (Å²) in [7, 11) is 0. The van der Waals surface area contributed by atoms with Gasteiger partial charge in [-0.1, -0.05) is 66.7 Å². The number of benzene rings is 3. The number of allylic oxidation sites excluding steroid dienone is 1. The Morgan fingerprint density at radius 2 is 1.84 bits per heavy atom. The van der Waals surface area contributed by atoms with Crippen LogP contribution in [0.5, 0.6) is 5.75 Å². The highest BCUT2D eigenvalue weighted by atomic mass is 19.1. The third-order valence-corrected chi connectivity index (χ3v) is 5.27. The molecule has 2 N–H and O–H groups in total. The number of hydroxylamine groups is 1. The molecule has 0 aliphatic heterocycles. The van der Waals surface area contributed by atoms with Gasteiger partial charge in [0.2, 0.25) is 0 Å². The standard InChI is InChI=1S/C26H24FNO4/c27-26-21(17-25(29)30)9-5-11-24(26)31-14-15-32-28-23-10-4-8-20-16-19(12-13-22(20)23)18-6-2-1-3-7-18/h1-3,5-7,9-13,16,28H,4,8,14-15,17H2,(H,29,30). The lowest BCUT2D eigenvalue weighted by atomic mass is 9.91. The number of carboxylic acid groups (broad SMARTS) is 1. The van der Waals surface area contributed by atoms with Crippen LogP contribution >= 0.6 is 0 Å². The number of aliphatic carboxylic acids is 1. The molecule has 0 heterocycles. The van der Waals surface area contributed by atoms with Crippen molar-refractivity contribution in [1.82, 2.24) is 5.48 Å². The van der Waals surface area contributed by atoms with Crippen LogP contribution in [0.2, 0.25) is 0 Å². The van der Waals surface area contributed by atoms with E-state index in [2.05, 4.69) is 41.9 Å². The number of ether oxygens (including phenoxy) is 1. The summed E-state index contributed by atoms with van der Waals surface area (Å²) in [5, 5.41) is 8.85. The molecule has 6 heteroatoms. The van der Waals surface area contributed by atoms with Gasteiger partial charge in [-0.3, -0.25) is 15.1 Å². The molecule has 0 bridgehead atoms. The second kappa shape index (κ2) is 10.1. The number of nitrogens with one attached hydrogen (secondary N) is 1. The second-order valence-corrected chi connectivity index (χ2v) is 7.49. The van der Waals surface area contributed by atoms with Crippen LogP contribution in [0.15, 0.2) is 72.8 Å². The van der Waals surface area contributed by atoms with Crippen LogP contribution in [0.1, 0.15) is 23.1 Å². The molecular formula is C26H24FNO4. The molecule has 32 heavy (non-hydrogen) atoms. The summed E-state index contributed by atoms with van der Waals surface area (Å²) in [6.07, 6.45) is 3.59. The molecule has 0 saturated heterocycles. The van der Waals surface area contributed by atoms with Gasteiger partial charge in [0, 0.05) is 11.1 Å². The average Bonchev–Trinajstić information content (AvgIpc) is 2.81.